The van der Waals surface area contributed by atoms with Crippen LogP contribution >= 0.6 is 39.0 Å². The first kappa shape index (κ1) is 15.5. The van der Waals surface area contributed by atoms with Crippen LogP contribution in [0.3, 0.4) is 0 Å². The van der Waals surface area contributed by atoms with Crippen molar-refractivity contribution in [2.75, 3.05) is 0 Å². The molecule has 0 unspecified atom stereocenters. The molecule has 3 rings (SSSR count). The molecule has 1 aliphatic rings. The van der Waals surface area contributed by atoms with Crippen LogP contribution in [0.4, 0.5) is 4.79 Å². The second-order valence-corrected chi connectivity index (χ2v) is 7.97. The van der Waals surface area contributed by atoms with Crippen molar-refractivity contribution in [3.63, 3.8) is 0 Å². The first-order valence-electron chi connectivity index (χ1n) is 6.60. The van der Waals surface area contributed by atoms with Crippen molar-refractivity contribution in [2.45, 2.75) is 13.5 Å². The lowest BCUT2D eigenvalue weighted by atomic mass is 10.2. The number of benzene rings is 1. The summed E-state index contributed by atoms with van der Waals surface area (Å²) in [5.41, 5.74) is 0.915. The number of carbonyl (C=O) groups excluding carboxylic acids is 2. The van der Waals surface area contributed by atoms with Crippen LogP contribution in [0.2, 0.25) is 0 Å². The van der Waals surface area contributed by atoms with Crippen molar-refractivity contribution in [1.82, 2.24) is 4.90 Å². The van der Waals surface area contributed by atoms with Gasteiger partial charge >= 0.3 is 0 Å². The summed E-state index contributed by atoms with van der Waals surface area (Å²) < 4.78 is 0.895. The summed E-state index contributed by atoms with van der Waals surface area (Å²) in [4.78, 5) is 28.5. The van der Waals surface area contributed by atoms with Crippen molar-refractivity contribution in [2.24, 2.45) is 0 Å². The number of imide groups is 1. The van der Waals surface area contributed by atoms with Gasteiger partial charge in [0.1, 0.15) is 0 Å². The van der Waals surface area contributed by atoms with Crippen molar-refractivity contribution in [3.8, 4) is 0 Å². The number of nitrogens with zero attached hydrogens (tertiary/aromatic N) is 1. The van der Waals surface area contributed by atoms with Crippen molar-refractivity contribution in [1.29, 1.82) is 0 Å². The predicted molar refractivity (Wildman–Crippen MR) is 94.7 cm³/mol. The standard InChI is InChI=1S/C16H12BrNO2S2/c1-10-6-7-12(21-10)8-14-15(19)18(16(20)22-14)9-11-4-2-3-5-13(11)17/h2-8H,9H2,1H3/b14-8-. The smallest absolute Gasteiger partial charge is 0.268 e. The number of aryl methyl sites for hydroxylation is 1. The van der Waals surface area contributed by atoms with Gasteiger partial charge in [0.25, 0.3) is 11.1 Å². The zero-order valence-corrected chi connectivity index (χ0v) is 14.9. The molecule has 1 aromatic carbocycles. The second kappa shape index (κ2) is 6.40. The zero-order valence-electron chi connectivity index (χ0n) is 11.7. The van der Waals surface area contributed by atoms with Gasteiger partial charge in [0.05, 0.1) is 11.4 Å². The SMILES string of the molecule is Cc1ccc(/C=C2\SC(=O)N(Cc3ccccc3Br)C2=O)s1. The number of thioether (sulfide) groups is 1. The molecule has 0 bridgehead atoms. The Kier molecular flexibility index (Phi) is 4.52. The van der Waals surface area contributed by atoms with E-state index in [0.717, 1.165) is 26.7 Å². The fraction of sp³-hybridized carbons (Fsp3) is 0.125. The number of amides is 2. The highest BCUT2D eigenvalue weighted by atomic mass is 79.9. The lowest BCUT2D eigenvalue weighted by molar-refractivity contribution is -0.123. The van der Waals surface area contributed by atoms with Crippen LogP contribution in [0.15, 0.2) is 45.8 Å². The summed E-state index contributed by atoms with van der Waals surface area (Å²) in [7, 11) is 0. The van der Waals surface area contributed by atoms with Gasteiger partial charge in [-0.3, -0.25) is 14.5 Å². The highest BCUT2D eigenvalue weighted by Crippen LogP contribution is 2.35. The average Bonchev–Trinajstić information content (AvgIpc) is 3.00. The number of thiophene rings is 1. The Morgan fingerprint density at radius 1 is 1.18 bits per heavy atom. The maximum absolute atomic E-state index is 12.4. The first-order chi connectivity index (χ1) is 10.5. The van der Waals surface area contributed by atoms with Gasteiger partial charge in [-0.15, -0.1) is 11.3 Å². The minimum atomic E-state index is -0.225. The molecule has 0 spiro atoms. The fourth-order valence-corrected chi connectivity index (χ4v) is 4.23. The van der Waals surface area contributed by atoms with E-state index in [4.69, 9.17) is 0 Å². The van der Waals surface area contributed by atoms with E-state index in [1.54, 1.807) is 17.4 Å². The average molecular weight is 394 g/mol. The summed E-state index contributed by atoms with van der Waals surface area (Å²) in [6.45, 7) is 2.30. The molecule has 6 heteroatoms. The Morgan fingerprint density at radius 3 is 2.64 bits per heavy atom. The summed E-state index contributed by atoms with van der Waals surface area (Å²) in [6, 6.07) is 11.6. The largest absolute Gasteiger partial charge is 0.293 e. The summed E-state index contributed by atoms with van der Waals surface area (Å²) >= 11 is 6.05. The molecule has 1 saturated heterocycles. The number of halogens is 1. The van der Waals surface area contributed by atoms with Crippen LogP contribution in [0, 0.1) is 6.92 Å². The third-order valence-electron chi connectivity index (χ3n) is 3.19. The molecule has 2 heterocycles. The van der Waals surface area contributed by atoms with Gasteiger partial charge < -0.3 is 0 Å². The highest BCUT2D eigenvalue weighted by molar-refractivity contribution is 9.10. The number of rotatable bonds is 3. The summed E-state index contributed by atoms with van der Waals surface area (Å²) in [5, 5.41) is -0.222. The van der Waals surface area contributed by atoms with Gasteiger partial charge in [0.15, 0.2) is 0 Å². The third kappa shape index (κ3) is 3.19. The van der Waals surface area contributed by atoms with Crippen LogP contribution in [0.1, 0.15) is 15.3 Å². The number of hydrogen-bond donors (Lipinski definition) is 0. The lowest BCUT2D eigenvalue weighted by Crippen LogP contribution is -2.27. The maximum atomic E-state index is 12.4. The van der Waals surface area contributed by atoms with Gasteiger partial charge in [-0.1, -0.05) is 34.1 Å². The molecule has 0 aliphatic carbocycles. The van der Waals surface area contributed by atoms with Crippen LogP contribution in [0.25, 0.3) is 6.08 Å². The van der Waals surface area contributed by atoms with Crippen LogP contribution in [0.5, 0.6) is 0 Å². The Bertz CT molecular complexity index is 782. The molecule has 0 N–H and O–H groups in total. The molecule has 1 fully saturated rings. The summed E-state index contributed by atoms with van der Waals surface area (Å²) in [5.74, 6) is -0.225. The topological polar surface area (TPSA) is 37.4 Å². The normalized spacial score (nSPS) is 16.8. The van der Waals surface area contributed by atoms with E-state index in [2.05, 4.69) is 15.9 Å². The molecule has 22 heavy (non-hydrogen) atoms. The van der Waals surface area contributed by atoms with E-state index >= 15 is 0 Å². The Morgan fingerprint density at radius 2 is 1.95 bits per heavy atom. The van der Waals surface area contributed by atoms with E-state index in [0.29, 0.717) is 4.91 Å². The molecule has 3 nitrogen and oxygen atoms in total. The van der Waals surface area contributed by atoms with Crippen molar-refractivity contribution >= 4 is 56.3 Å². The highest BCUT2D eigenvalue weighted by Gasteiger charge is 2.35. The Labute approximate surface area is 145 Å². The Hall–Kier alpha value is -1.37. The molecular weight excluding hydrogens is 382 g/mol. The molecule has 0 radical (unpaired) electrons. The van der Waals surface area contributed by atoms with Gasteiger partial charge in [0, 0.05) is 14.2 Å². The lowest BCUT2D eigenvalue weighted by Gasteiger charge is -2.13. The second-order valence-electron chi connectivity index (χ2n) is 4.81. The van der Waals surface area contributed by atoms with Crippen LogP contribution < -0.4 is 0 Å². The van der Waals surface area contributed by atoms with Crippen molar-refractivity contribution in [3.05, 3.63) is 61.1 Å². The van der Waals surface area contributed by atoms with Gasteiger partial charge in [-0.05, 0) is 48.5 Å². The molecule has 2 aromatic rings. The first-order valence-corrected chi connectivity index (χ1v) is 9.02. The fourth-order valence-electron chi connectivity index (χ4n) is 2.09. The van der Waals surface area contributed by atoms with E-state index in [1.807, 2.05) is 43.3 Å². The maximum Gasteiger partial charge on any atom is 0.293 e. The molecule has 112 valence electrons. The van der Waals surface area contributed by atoms with E-state index in [9.17, 15) is 9.59 Å². The molecule has 0 saturated carbocycles. The van der Waals surface area contributed by atoms with E-state index in [-0.39, 0.29) is 17.7 Å². The monoisotopic (exact) mass is 393 g/mol. The number of carbonyl (C=O) groups is 2. The van der Waals surface area contributed by atoms with Crippen molar-refractivity contribution < 1.29 is 9.59 Å². The molecule has 2 amide bonds. The van der Waals surface area contributed by atoms with E-state index in [1.165, 1.54) is 9.78 Å². The van der Waals surface area contributed by atoms with Gasteiger partial charge in [-0.25, -0.2) is 0 Å². The molecule has 0 atom stereocenters. The molecule has 1 aromatic heterocycles. The van der Waals surface area contributed by atoms with Gasteiger partial charge in [-0.2, -0.15) is 0 Å². The van der Waals surface area contributed by atoms with Gasteiger partial charge in [0.2, 0.25) is 0 Å². The zero-order chi connectivity index (χ0) is 15.7. The summed E-state index contributed by atoms with van der Waals surface area (Å²) in [6.07, 6.45) is 1.79. The Balaban J connectivity index is 1.83. The van der Waals surface area contributed by atoms with E-state index < -0.39 is 0 Å². The minimum Gasteiger partial charge on any atom is -0.268 e. The third-order valence-corrected chi connectivity index (χ3v) is 5.82. The predicted octanol–water partition coefficient (Wildman–Crippen LogP) is 5.06. The molecule has 1 aliphatic heterocycles. The van der Waals surface area contributed by atoms with Crippen LogP contribution in [-0.4, -0.2) is 16.0 Å². The molecular formula is C16H12BrNO2S2. The van der Waals surface area contributed by atoms with Crippen LogP contribution in [-0.2, 0) is 11.3 Å². The number of hydrogen-bond acceptors (Lipinski definition) is 4. The minimum absolute atomic E-state index is 0.222. The quantitative estimate of drug-likeness (QED) is 0.684.